The molecule has 1 fully saturated rings. The van der Waals surface area contributed by atoms with Crippen molar-refractivity contribution >= 4 is 37.3 Å². The second kappa shape index (κ2) is 7.85. The number of azo groups is 1. The maximum absolute atomic E-state index is 12.6. The molecule has 0 bridgehead atoms. The molecule has 1 aliphatic heterocycles. The molecule has 0 atom stereocenters. The first kappa shape index (κ1) is 19.0. The van der Waals surface area contributed by atoms with Gasteiger partial charge in [-0.25, -0.2) is 8.42 Å². The Bertz CT molecular complexity index is 921. The first-order valence-electron chi connectivity index (χ1n) is 8.39. The van der Waals surface area contributed by atoms with E-state index in [1.165, 1.54) is 4.31 Å². The van der Waals surface area contributed by atoms with Gasteiger partial charge < -0.3 is 5.11 Å². The van der Waals surface area contributed by atoms with Crippen LogP contribution in [0.4, 0.5) is 11.4 Å². The number of aromatic hydroxyl groups is 1. The van der Waals surface area contributed by atoms with Gasteiger partial charge in [-0.1, -0.05) is 22.4 Å². The lowest BCUT2D eigenvalue weighted by Gasteiger charge is -2.25. The van der Waals surface area contributed by atoms with Gasteiger partial charge in [-0.05, 0) is 61.7 Å². The monoisotopic (exact) mass is 437 g/mol. The number of piperidine rings is 1. The SMILES string of the molecule is Cc1cc(Br)cc(N=Nc2ccc(S(=O)(=O)N3CCCCC3)cc2)c1O. The molecule has 1 saturated heterocycles. The Kier molecular flexibility index (Phi) is 5.74. The Morgan fingerprint density at radius 3 is 2.35 bits per heavy atom. The average molecular weight is 438 g/mol. The fourth-order valence-corrected chi connectivity index (χ4v) is 4.92. The molecule has 0 radical (unpaired) electrons. The minimum atomic E-state index is -3.45. The first-order valence-corrected chi connectivity index (χ1v) is 10.6. The van der Waals surface area contributed by atoms with Crippen molar-refractivity contribution < 1.29 is 13.5 Å². The number of hydrogen-bond donors (Lipinski definition) is 1. The van der Waals surface area contributed by atoms with Crippen LogP contribution in [0.2, 0.25) is 0 Å². The molecule has 26 heavy (non-hydrogen) atoms. The summed E-state index contributed by atoms with van der Waals surface area (Å²) in [5, 5.41) is 18.2. The van der Waals surface area contributed by atoms with Crippen LogP contribution in [-0.2, 0) is 10.0 Å². The lowest BCUT2D eigenvalue weighted by Crippen LogP contribution is -2.35. The number of rotatable bonds is 4. The van der Waals surface area contributed by atoms with Crippen molar-refractivity contribution in [1.29, 1.82) is 0 Å². The molecule has 138 valence electrons. The van der Waals surface area contributed by atoms with E-state index >= 15 is 0 Å². The molecule has 2 aromatic rings. The highest BCUT2D eigenvalue weighted by molar-refractivity contribution is 9.10. The number of sulfonamides is 1. The Balaban J connectivity index is 1.80. The van der Waals surface area contributed by atoms with Crippen molar-refractivity contribution in [2.75, 3.05) is 13.1 Å². The quantitative estimate of drug-likeness (QED) is 0.678. The largest absolute Gasteiger partial charge is 0.505 e. The number of aryl methyl sites for hydroxylation is 1. The fraction of sp³-hybridized carbons (Fsp3) is 0.333. The molecular formula is C18H20BrN3O3S. The minimum Gasteiger partial charge on any atom is -0.505 e. The summed E-state index contributed by atoms with van der Waals surface area (Å²) in [6.07, 6.45) is 2.88. The maximum atomic E-state index is 12.6. The van der Waals surface area contributed by atoms with Gasteiger partial charge in [0.05, 0.1) is 10.6 Å². The Morgan fingerprint density at radius 1 is 1.04 bits per heavy atom. The Labute approximate surface area is 161 Å². The lowest BCUT2D eigenvalue weighted by atomic mass is 10.2. The van der Waals surface area contributed by atoms with E-state index in [0.717, 1.165) is 23.7 Å². The van der Waals surface area contributed by atoms with Crippen LogP contribution in [0.1, 0.15) is 24.8 Å². The zero-order valence-electron chi connectivity index (χ0n) is 14.4. The molecule has 0 spiro atoms. The number of hydrogen-bond acceptors (Lipinski definition) is 5. The molecular weight excluding hydrogens is 418 g/mol. The molecule has 2 aromatic carbocycles. The summed E-state index contributed by atoms with van der Waals surface area (Å²) in [5.74, 6) is 0.0706. The summed E-state index contributed by atoms with van der Waals surface area (Å²) >= 11 is 3.36. The van der Waals surface area contributed by atoms with Crippen molar-refractivity contribution in [3.8, 4) is 5.75 Å². The number of phenolic OH excluding ortho intramolecular Hbond substituents is 1. The fourth-order valence-electron chi connectivity index (χ4n) is 2.84. The third-order valence-electron chi connectivity index (χ3n) is 4.31. The summed E-state index contributed by atoms with van der Waals surface area (Å²) in [6.45, 7) is 2.93. The molecule has 0 aliphatic carbocycles. The van der Waals surface area contributed by atoms with Crippen molar-refractivity contribution in [3.05, 3.63) is 46.4 Å². The van der Waals surface area contributed by atoms with E-state index in [4.69, 9.17) is 0 Å². The van der Waals surface area contributed by atoms with Gasteiger partial charge in [0.25, 0.3) is 0 Å². The van der Waals surface area contributed by atoms with Crippen LogP contribution in [-0.4, -0.2) is 30.9 Å². The Morgan fingerprint density at radius 2 is 1.69 bits per heavy atom. The number of halogens is 1. The van der Waals surface area contributed by atoms with E-state index in [-0.39, 0.29) is 10.6 Å². The van der Waals surface area contributed by atoms with Crippen LogP contribution in [0.15, 0.2) is 56.0 Å². The highest BCUT2D eigenvalue weighted by Gasteiger charge is 2.25. The zero-order valence-corrected chi connectivity index (χ0v) is 16.8. The summed E-state index contributed by atoms with van der Waals surface area (Å²) in [6, 6.07) is 9.77. The van der Waals surface area contributed by atoms with E-state index in [1.807, 2.05) is 0 Å². The van der Waals surface area contributed by atoms with Gasteiger partial charge >= 0.3 is 0 Å². The molecule has 1 heterocycles. The van der Waals surface area contributed by atoms with E-state index < -0.39 is 10.0 Å². The number of nitrogens with zero attached hydrogens (tertiary/aromatic N) is 3. The molecule has 8 heteroatoms. The number of benzene rings is 2. The summed E-state index contributed by atoms with van der Waals surface area (Å²) < 4.78 is 27.6. The first-order chi connectivity index (χ1) is 12.4. The van der Waals surface area contributed by atoms with E-state index in [9.17, 15) is 13.5 Å². The smallest absolute Gasteiger partial charge is 0.243 e. The van der Waals surface area contributed by atoms with Crippen molar-refractivity contribution in [3.63, 3.8) is 0 Å². The molecule has 1 aliphatic rings. The number of phenols is 1. The molecule has 0 amide bonds. The minimum absolute atomic E-state index is 0.0706. The zero-order chi connectivity index (χ0) is 18.7. The van der Waals surface area contributed by atoms with Crippen molar-refractivity contribution in [2.24, 2.45) is 10.2 Å². The Hall–Kier alpha value is -1.77. The van der Waals surface area contributed by atoms with E-state index in [0.29, 0.717) is 30.0 Å². The second-order valence-electron chi connectivity index (χ2n) is 6.25. The van der Waals surface area contributed by atoms with Gasteiger partial charge in [0.1, 0.15) is 11.4 Å². The molecule has 6 nitrogen and oxygen atoms in total. The van der Waals surface area contributed by atoms with Crippen LogP contribution in [0.25, 0.3) is 0 Å². The highest BCUT2D eigenvalue weighted by Crippen LogP contribution is 2.34. The summed E-state index contributed by atoms with van der Waals surface area (Å²) in [4.78, 5) is 0.263. The van der Waals surface area contributed by atoms with Crippen molar-refractivity contribution in [1.82, 2.24) is 4.31 Å². The normalized spacial score (nSPS) is 16.2. The van der Waals surface area contributed by atoms with Crippen LogP contribution >= 0.6 is 15.9 Å². The lowest BCUT2D eigenvalue weighted by molar-refractivity contribution is 0.346. The summed E-state index contributed by atoms with van der Waals surface area (Å²) in [5.41, 5.74) is 1.55. The van der Waals surface area contributed by atoms with Gasteiger partial charge in [0, 0.05) is 17.6 Å². The van der Waals surface area contributed by atoms with Crippen LogP contribution in [0.5, 0.6) is 5.75 Å². The molecule has 0 unspecified atom stereocenters. The third-order valence-corrected chi connectivity index (χ3v) is 6.68. The molecule has 1 N–H and O–H groups in total. The predicted molar refractivity (Wildman–Crippen MR) is 104 cm³/mol. The second-order valence-corrected chi connectivity index (χ2v) is 9.10. The average Bonchev–Trinajstić information content (AvgIpc) is 2.64. The third kappa shape index (κ3) is 4.13. The summed E-state index contributed by atoms with van der Waals surface area (Å²) in [7, 11) is -3.45. The molecule has 0 saturated carbocycles. The standard InChI is InChI=1S/C18H20BrN3O3S/c1-13-11-14(19)12-17(18(13)23)21-20-15-5-7-16(8-6-15)26(24,25)22-9-3-2-4-10-22/h5-8,11-12,23H,2-4,9-10H2,1H3. The van der Waals surface area contributed by atoms with Crippen LogP contribution < -0.4 is 0 Å². The van der Waals surface area contributed by atoms with Gasteiger partial charge in [0.2, 0.25) is 10.0 Å². The molecule has 0 aromatic heterocycles. The van der Waals surface area contributed by atoms with Gasteiger partial charge in [0.15, 0.2) is 0 Å². The van der Waals surface area contributed by atoms with E-state index in [1.54, 1.807) is 43.3 Å². The van der Waals surface area contributed by atoms with Crippen molar-refractivity contribution in [2.45, 2.75) is 31.1 Å². The van der Waals surface area contributed by atoms with Crippen LogP contribution in [0, 0.1) is 6.92 Å². The maximum Gasteiger partial charge on any atom is 0.243 e. The topological polar surface area (TPSA) is 82.3 Å². The van der Waals surface area contributed by atoms with Gasteiger partial charge in [-0.15, -0.1) is 5.11 Å². The van der Waals surface area contributed by atoms with Gasteiger partial charge in [-0.3, -0.25) is 0 Å². The van der Waals surface area contributed by atoms with E-state index in [2.05, 4.69) is 26.2 Å². The highest BCUT2D eigenvalue weighted by atomic mass is 79.9. The predicted octanol–water partition coefficient (Wildman–Crippen LogP) is 5.05. The van der Waals surface area contributed by atoms with Crippen LogP contribution in [0.3, 0.4) is 0 Å². The molecule has 3 rings (SSSR count). The van der Waals surface area contributed by atoms with Gasteiger partial charge in [-0.2, -0.15) is 9.42 Å².